The van der Waals surface area contributed by atoms with Crippen LogP contribution in [0, 0.1) is 0 Å². The van der Waals surface area contributed by atoms with E-state index in [9.17, 15) is 0 Å². The van der Waals surface area contributed by atoms with Gasteiger partial charge in [-0.25, -0.2) is 0 Å². The Bertz CT molecular complexity index is 733. The van der Waals surface area contributed by atoms with Crippen molar-refractivity contribution < 1.29 is 5.11 Å². The normalized spacial score (nSPS) is 8.67. The van der Waals surface area contributed by atoms with Crippen LogP contribution in [0.3, 0.4) is 0 Å². The Kier molecular flexibility index (Phi) is 26.2. The monoisotopic (exact) mass is 413 g/mol. The summed E-state index contributed by atoms with van der Waals surface area (Å²) in [5.74, 6) is 0. The molecule has 3 aromatic rings. The Morgan fingerprint density at radius 2 is 1.00 bits per heavy atom. The second-order valence-electron chi connectivity index (χ2n) is 5.38. The van der Waals surface area contributed by atoms with Gasteiger partial charge in [0.15, 0.2) is 0 Å². The van der Waals surface area contributed by atoms with Crippen LogP contribution in [0.1, 0.15) is 41.5 Å². The smallest absolute Gasteiger partial charge is 0.0935 e. The van der Waals surface area contributed by atoms with Gasteiger partial charge in [-0.2, -0.15) is 5.11 Å². The minimum absolute atomic E-state index is 0.866. The molecule has 0 aromatic heterocycles. The summed E-state index contributed by atoms with van der Waals surface area (Å²) in [6.45, 7) is 12.0. The molecule has 0 spiro atoms. The van der Waals surface area contributed by atoms with E-state index in [0.29, 0.717) is 0 Å². The average Bonchev–Trinajstić information content (AvgIpc) is 2.83. The van der Waals surface area contributed by atoms with Crippen LogP contribution in [0.4, 0.5) is 11.4 Å². The van der Waals surface area contributed by atoms with Crippen molar-refractivity contribution in [2.45, 2.75) is 41.5 Å². The molecule has 4 heteroatoms. The molecular weight excluding hydrogens is 370 g/mol. The molecule has 0 unspecified atom stereocenters. The van der Waals surface area contributed by atoms with Crippen molar-refractivity contribution in [3.63, 3.8) is 0 Å². The number of hydrogen-bond donors (Lipinski definition) is 1. The molecule has 1 N–H and O–H groups in total. The zero-order chi connectivity index (χ0) is 23.8. The molecule has 0 bridgehead atoms. The summed E-state index contributed by atoms with van der Waals surface area (Å²) < 4.78 is 0. The third kappa shape index (κ3) is 15.4. The molecule has 3 aromatic carbocycles. The Morgan fingerprint density at radius 3 is 1.53 bits per heavy atom. The summed E-state index contributed by atoms with van der Waals surface area (Å²) in [7, 11) is 7.00. The predicted octanol–water partition coefficient (Wildman–Crippen LogP) is 8.12. The maximum absolute atomic E-state index is 7.00. The Morgan fingerprint density at radius 1 is 0.567 bits per heavy atom. The summed E-state index contributed by atoms with van der Waals surface area (Å²) >= 11 is 0. The fraction of sp³-hybridized carbons (Fsp3) is 0.385. The number of hydrogen-bond acceptors (Lipinski definition) is 4. The third-order valence-electron chi connectivity index (χ3n) is 2.80. The van der Waals surface area contributed by atoms with Gasteiger partial charge in [-0.1, -0.05) is 96.1 Å². The number of fused-ring (bicyclic) bond motifs is 1. The standard InChI is InChI=1S/C16H12N2.C3H9N.3C2H6.CH4O/c1-2-9-14(10-3-1)17-18-16-12-6-8-13-7-4-5-11-15(13)16;1-4(2)3;4*1-2/h1-12H;1-3H3;3*1-2H3;2H,1H3. The van der Waals surface area contributed by atoms with Gasteiger partial charge in [0.1, 0.15) is 0 Å². The predicted molar refractivity (Wildman–Crippen MR) is 136 cm³/mol. The van der Waals surface area contributed by atoms with Crippen LogP contribution in [0.15, 0.2) is 83.0 Å². The molecule has 0 atom stereocenters. The van der Waals surface area contributed by atoms with Crippen molar-refractivity contribution in [3.05, 3.63) is 72.8 Å². The number of nitrogens with zero attached hydrogens (tertiary/aromatic N) is 3. The van der Waals surface area contributed by atoms with Crippen LogP contribution in [0.5, 0.6) is 0 Å². The summed E-state index contributed by atoms with van der Waals surface area (Å²) in [5.41, 5.74) is 1.77. The van der Waals surface area contributed by atoms with Crippen LogP contribution in [0.25, 0.3) is 10.8 Å². The molecule has 4 nitrogen and oxygen atoms in total. The molecule has 0 saturated heterocycles. The maximum Gasteiger partial charge on any atom is 0.0935 e. The molecule has 0 radical (unpaired) electrons. The van der Waals surface area contributed by atoms with Gasteiger partial charge in [0.25, 0.3) is 0 Å². The minimum atomic E-state index is 0.866. The molecule has 0 heterocycles. The third-order valence-corrected chi connectivity index (χ3v) is 2.80. The van der Waals surface area contributed by atoms with E-state index in [2.05, 4.69) is 28.4 Å². The first kappa shape index (κ1) is 32.1. The maximum atomic E-state index is 7.00. The lowest BCUT2D eigenvalue weighted by Crippen LogP contribution is -1.99. The molecule has 0 amide bonds. The number of benzene rings is 3. The van der Waals surface area contributed by atoms with Crippen molar-refractivity contribution in [1.82, 2.24) is 4.90 Å². The quantitative estimate of drug-likeness (QED) is 0.431. The van der Waals surface area contributed by atoms with Crippen molar-refractivity contribution in [2.75, 3.05) is 28.3 Å². The highest BCUT2D eigenvalue weighted by Gasteiger charge is 1.97. The molecule has 0 aliphatic rings. The van der Waals surface area contributed by atoms with Crippen molar-refractivity contribution in [3.8, 4) is 0 Å². The van der Waals surface area contributed by atoms with E-state index in [1.807, 2.05) is 122 Å². The van der Waals surface area contributed by atoms with Crippen molar-refractivity contribution in [1.29, 1.82) is 0 Å². The highest BCUT2D eigenvalue weighted by atomic mass is 16.2. The van der Waals surface area contributed by atoms with Crippen LogP contribution < -0.4 is 0 Å². The van der Waals surface area contributed by atoms with E-state index < -0.39 is 0 Å². The number of aliphatic hydroxyl groups is 1. The number of azo groups is 1. The lowest BCUT2D eigenvalue weighted by atomic mass is 10.1. The van der Waals surface area contributed by atoms with Gasteiger partial charge in [-0.3, -0.25) is 0 Å². The fourth-order valence-corrected chi connectivity index (χ4v) is 1.90. The fourth-order valence-electron chi connectivity index (χ4n) is 1.90. The van der Waals surface area contributed by atoms with Gasteiger partial charge >= 0.3 is 0 Å². The number of rotatable bonds is 2. The van der Waals surface area contributed by atoms with E-state index in [1.54, 1.807) is 0 Å². The molecule has 0 aliphatic heterocycles. The second-order valence-corrected chi connectivity index (χ2v) is 5.38. The SMILES string of the molecule is CC.CC.CC.CN(C)C.CO.c1ccc(N=Nc2cccc3ccccc23)cc1. The first-order chi connectivity index (χ1) is 14.7. The van der Waals surface area contributed by atoms with Gasteiger partial charge in [-0.15, -0.1) is 5.11 Å². The topological polar surface area (TPSA) is 48.2 Å². The molecular formula is C26H43N3O. The second kappa shape index (κ2) is 24.5. The molecule has 0 aliphatic carbocycles. The number of aliphatic hydroxyl groups excluding tert-OH is 1. The molecule has 168 valence electrons. The van der Waals surface area contributed by atoms with Gasteiger partial charge < -0.3 is 10.0 Å². The van der Waals surface area contributed by atoms with E-state index >= 15 is 0 Å². The largest absolute Gasteiger partial charge is 0.400 e. The highest BCUT2D eigenvalue weighted by molar-refractivity contribution is 5.92. The van der Waals surface area contributed by atoms with E-state index in [-0.39, 0.29) is 0 Å². The van der Waals surface area contributed by atoms with Crippen molar-refractivity contribution in [2.24, 2.45) is 10.2 Å². The van der Waals surface area contributed by atoms with Crippen LogP contribution >= 0.6 is 0 Å². The first-order valence-electron chi connectivity index (χ1n) is 10.7. The summed E-state index contributed by atoms with van der Waals surface area (Å²) in [5, 5.41) is 17.9. The summed E-state index contributed by atoms with van der Waals surface area (Å²) in [6, 6.07) is 24.0. The van der Waals surface area contributed by atoms with Crippen LogP contribution in [-0.2, 0) is 0 Å². The van der Waals surface area contributed by atoms with Crippen LogP contribution in [-0.4, -0.2) is 38.3 Å². The zero-order valence-electron chi connectivity index (χ0n) is 20.7. The van der Waals surface area contributed by atoms with Gasteiger partial charge in [0, 0.05) is 12.5 Å². The lowest BCUT2D eigenvalue weighted by molar-refractivity contribution is 0.399. The summed E-state index contributed by atoms with van der Waals surface area (Å²) in [6.07, 6.45) is 0. The van der Waals surface area contributed by atoms with E-state index in [4.69, 9.17) is 5.11 Å². The Hall–Kier alpha value is -2.56. The van der Waals surface area contributed by atoms with E-state index in [1.165, 1.54) is 5.39 Å². The molecule has 0 saturated carbocycles. The van der Waals surface area contributed by atoms with Gasteiger partial charge in [0.2, 0.25) is 0 Å². The zero-order valence-corrected chi connectivity index (χ0v) is 20.7. The van der Waals surface area contributed by atoms with Gasteiger partial charge in [0.05, 0.1) is 11.4 Å². The molecule has 30 heavy (non-hydrogen) atoms. The Balaban J connectivity index is -0.000000520. The lowest BCUT2D eigenvalue weighted by Gasteiger charge is -2.00. The van der Waals surface area contributed by atoms with E-state index in [0.717, 1.165) is 23.9 Å². The first-order valence-corrected chi connectivity index (χ1v) is 10.7. The summed E-state index contributed by atoms with van der Waals surface area (Å²) in [4.78, 5) is 2.00. The van der Waals surface area contributed by atoms with Crippen molar-refractivity contribution >= 4 is 22.1 Å². The molecule has 0 fully saturated rings. The Labute approximate surface area is 185 Å². The average molecular weight is 414 g/mol. The molecule has 3 rings (SSSR count). The highest BCUT2D eigenvalue weighted by Crippen LogP contribution is 2.27. The minimum Gasteiger partial charge on any atom is -0.400 e. The van der Waals surface area contributed by atoms with Crippen LogP contribution in [0.2, 0.25) is 0 Å². The van der Waals surface area contributed by atoms with Gasteiger partial charge in [-0.05, 0) is 44.7 Å².